The summed E-state index contributed by atoms with van der Waals surface area (Å²) in [4.78, 5) is 6.56. The number of para-hydroxylation sites is 1. The second-order valence-corrected chi connectivity index (χ2v) is 5.80. The second kappa shape index (κ2) is 12.5. The molecule has 0 aromatic heterocycles. The molecule has 0 bridgehead atoms. The summed E-state index contributed by atoms with van der Waals surface area (Å²) in [5, 5.41) is 12.7. The van der Waals surface area contributed by atoms with Crippen LogP contribution in [0.1, 0.15) is 18.1 Å². The van der Waals surface area contributed by atoms with Crippen molar-refractivity contribution in [3.05, 3.63) is 65.5 Å². The molecule has 2 N–H and O–H groups in total. The summed E-state index contributed by atoms with van der Waals surface area (Å²) in [5.41, 5.74) is 1.86. The number of ether oxygens (including phenoxy) is 1. The number of aliphatic hydroxyl groups excluding tert-OH is 1. The lowest BCUT2D eigenvalue weighted by Gasteiger charge is -2.22. The van der Waals surface area contributed by atoms with Gasteiger partial charge in [-0.15, -0.1) is 24.0 Å². The average Bonchev–Trinajstić information content (AvgIpc) is 2.66. The Hall–Kier alpha value is -1.87. The van der Waals surface area contributed by atoms with Gasteiger partial charge in [0.25, 0.3) is 0 Å². The van der Waals surface area contributed by atoms with Crippen LogP contribution in [0.25, 0.3) is 0 Å². The first-order chi connectivity index (χ1) is 12.7. The van der Waals surface area contributed by atoms with E-state index in [0.717, 1.165) is 23.6 Å². The van der Waals surface area contributed by atoms with Crippen LogP contribution in [0, 0.1) is 5.82 Å². The zero-order valence-corrected chi connectivity index (χ0v) is 18.0. The number of nitrogens with zero attached hydrogens (tertiary/aromatic N) is 2. The van der Waals surface area contributed by atoms with Crippen LogP contribution in [0.4, 0.5) is 4.39 Å². The summed E-state index contributed by atoms with van der Waals surface area (Å²) in [7, 11) is 1.91. The van der Waals surface area contributed by atoms with Crippen LogP contribution in [0.2, 0.25) is 0 Å². The number of hydrogen-bond donors (Lipinski definition) is 2. The second-order valence-electron chi connectivity index (χ2n) is 5.80. The molecular formula is C20H27FIN3O2. The molecule has 7 heteroatoms. The van der Waals surface area contributed by atoms with Crippen LogP contribution in [-0.2, 0) is 13.2 Å². The van der Waals surface area contributed by atoms with Gasteiger partial charge in [-0.1, -0.05) is 36.4 Å². The Morgan fingerprint density at radius 1 is 1.15 bits per heavy atom. The predicted octanol–water partition coefficient (Wildman–Crippen LogP) is 3.41. The minimum atomic E-state index is -0.365. The predicted molar refractivity (Wildman–Crippen MR) is 117 cm³/mol. The van der Waals surface area contributed by atoms with Crippen molar-refractivity contribution in [2.45, 2.75) is 20.1 Å². The van der Waals surface area contributed by atoms with Gasteiger partial charge in [-0.2, -0.15) is 0 Å². The largest absolute Gasteiger partial charge is 0.489 e. The molecule has 5 nitrogen and oxygen atoms in total. The number of halogens is 2. The molecule has 0 radical (unpaired) electrons. The van der Waals surface area contributed by atoms with E-state index in [1.54, 1.807) is 18.2 Å². The van der Waals surface area contributed by atoms with Gasteiger partial charge in [0.1, 0.15) is 6.61 Å². The third-order valence-electron chi connectivity index (χ3n) is 3.91. The van der Waals surface area contributed by atoms with Crippen molar-refractivity contribution in [3.63, 3.8) is 0 Å². The lowest BCUT2D eigenvalue weighted by atomic mass is 10.1. The molecule has 0 heterocycles. The fourth-order valence-corrected chi connectivity index (χ4v) is 2.46. The van der Waals surface area contributed by atoms with Crippen molar-refractivity contribution in [1.82, 2.24) is 10.2 Å². The molecule has 0 fully saturated rings. The molecule has 148 valence electrons. The van der Waals surface area contributed by atoms with Crippen molar-refractivity contribution in [2.24, 2.45) is 4.99 Å². The Kier molecular flexibility index (Phi) is 10.7. The first kappa shape index (κ1) is 23.2. The number of aliphatic imine (C=N–C) groups is 1. The number of likely N-dealkylation sites (N-methyl/N-ethyl adjacent to an activating group) is 1. The average molecular weight is 487 g/mol. The number of nitrogens with one attached hydrogen (secondary N) is 1. The highest BCUT2D eigenvalue weighted by Crippen LogP contribution is 2.15. The Bertz CT molecular complexity index is 728. The molecular weight excluding hydrogens is 460 g/mol. The highest BCUT2D eigenvalue weighted by molar-refractivity contribution is 14.0. The molecule has 0 spiro atoms. The Morgan fingerprint density at radius 2 is 1.81 bits per heavy atom. The lowest BCUT2D eigenvalue weighted by Crippen LogP contribution is -2.40. The summed E-state index contributed by atoms with van der Waals surface area (Å²) < 4.78 is 19.1. The Balaban J connectivity index is 0.00000364. The summed E-state index contributed by atoms with van der Waals surface area (Å²) in [6.45, 7) is 4.10. The number of guanidine groups is 1. The van der Waals surface area contributed by atoms with Crippen molar-refractivity contribution >= 4 is 29.9 Å². The lowest BCUT2D eigenvalue weighted by molar-refractivity contribution is 0.270. The van der Waals surface area contributed by atoms with Crippen LogP contribution in [-0.4, -0.2) is 42.7 Å². The minimum Gasteiger partial charge on any atom is -0.489 e. The van der Waals surface area contributed by atoms with Crippen LogP contribution in [0.5, 0.6) is 5.75 Å². The normalized spacial score (nSPS) is 10.9. The van der Waals surface area contributed by atoms with Crippen molar-refractivity contribution < 1.29 is 14.2 Å². The molecule has 0 aliphatic rings. The van der Waals surface area contributed by atoms with Gasteiger partial charge < -0.3 is 20.1 Å². The molecule has 0 saturated carbocycles. The van der Waals surface area contributed by atoms with Crippen LogP contribution < -0.4 is 10.1 Å². The Labute approximate surface area is 177 Å². The highest BCUT2D eigenvalue weighted by Gasteiger charge is 2.08. The van der Waals surface area contributed by atoms with E-state index in [1.807, 2.05) is 43.1 Å². The van der Waals surface area contributed by atoms with Crippen LogP contribution >= 0.6 is 24.0 Å². The maximum Gasteiger partial charge on any atom is 0.194 e. The van der Waals surface area contributed by atoms with Crippen molar-refractivity contribution in [1.29, 1.82) is 0 Å². The summed E-state index contributed by atoms with van der Waals surface area (Å²) in [5.74, 6) is 0.619. The van der Waals surface area contributed by atoms with E-state index >= 15 is 0 Å². The molecule has 2 aromatic rings. The molecule has 2 aromatic carbocycles. The fraction of sp³-hybridized carbons (Fsp3) is 0.350. The molecule has 27 heavy (non-hydrogen) atoms. The van der Waals surface area contributed by atoms with Crippen LogP contribution in [0.3, 0.4) is 0 Å². The number of hydrogen-bond acceptors (Lipinski definition) is 3. The smallest absolute Gasteiger partial charge is 0.194 e. The van der Waals surface area contributed by atoms with Gasteiger partial charge in [-0.05, 0) is 30.2 Å². The maximum atomic E-state index is 13.6. The highest BCUT2D eigenvalue weighted by atomic mass is 127. The van der Waals surface area contributed by atoms with Crippen molar-refractivity contribution in [2.75, 3.05) is 26.7 Å². The third kappa shape index (κ3) is 7.34. The fourth-order valence-electron chi connectivity index (χ4n) is 2.46. The van der Waals surface area contributed by atoms with Gasteiger partial charge in [-0.25, -0.2) is 9.38 Å². The van der Waals surface area contributed by atoms with Gasteiger partial charge in [0.05, 0.1) is 19.7 Å². The standard InChI is InChI=1S/C20H26FN3O2.HI/c1-3-22-20(23-14-16-8-4-5-9-17(16)15-25)24(2)12-13-26-19-11-7-6-10-18(19)21;/h4-11,25H,3,12-15H2,1-2H3,(H,22,23);1H. The summed E-state index contributed by atoms with van der Waals surface area (Å²) in [6, 6.07) is 14.0. The first-order valence-corrected chi connectivity index (χ1v) is 8.70. The first-order valence-electron chi connectivity index (χ1n) is 8.70. The summed E-state index contributed by atoms with van der Waals surface area (Å²) in [6.07, 6.45) is 0. The number of aliphatic hydroxyl groups is 1. The molecule has 0 amide bonds. The monoisotopic (exact) mass is 487 g/mol. The molecule has 0 atom stereocenters. The van der Waals surface area contributed by atoms with E-state index in [9.17, 15) is 9.50 Å². The van der Waals surface area contributed by atoms with E-state index in [0.29, 0.717) is 19.7 Å². The summed E-state index contributed by atoms with van der Waals surface area (Å²) >= 11 is 0. The van der Waals surface area contributed by atoms with Gasteiger partial charge in [0.2, 0.25) is 0 Å². The SMILES string of the molecule is CCNC(=NCc1ccccc1CO)N(C)CCOc1ccccc1F.I. The van der Waals surface area contributed by atoms with Crippen LogP contribution in [0.15, 0.2) is 53.5 Å². The Morgan fingerprint density at radius 3 is 2.48 bits per heavy atom. The molecule has 0 unspecified atom stereocenters. The van der Waals surface area contributed by atoms with E-state index in [4.69, 9.17) is 4.74 Å². The molecule has 2 rings (SSSR count). The molecule has 0 aliphatic carbocycles. The third-order valence-corrected chi connectivity index (χ3v) is 3.91. The van der Waals surface area contributed by atoms with Gasteiger partial charge in [0, 0.05) is 13.6 Å². The topological polar surface area (TPSA) is 57.1 Å². The van der Waals surface area contributed by atoms with E-state index in [-0.39, 0.29) is 42.2 Å². The van der Waals surface area contributed by atoms with E-state index in [2.05, 4.69) is 10.3 Å². The van der Waals surface area contributed by atoms with Gasteiger partial charge in [0.15, 0.2) is 17.5 Å². The zero-order chi connectivity index (χ0) is 18.8. The van der Waals surface area contributed by atoms with Gasteiger partial charge >= 0.3 is 0 Å². The number of rotatable bonds is 8. The van der Waals surface area contributed by atoms with Crippen molar-refractivity contribution in [3.8, 4) is 5.75 Å². The quantitative estimate of drug-likeness (QED) is 0.341. The van der Waals surface area contributed by atoms with Gasteiger partial charge in [-0.3, -0.25) is 0 Å². The van der Waals surface area contributed by atoms with E-state index in [1.165, 1.54) is 6.07 Å². The number of benzene rings is 2. The maximum absolute atomic E-state index is 13.6. The minimum absolute atomic E-state index is 0. The zero-order valence-electron chi connectivity index (χ0n) is 15.7. The molecule has 0 saturated heterocycles. The van der Waals surface area contributed by atoms with E-state index < -0.39 is 0 Å². The molecule has 0 aliphatic heterocycles.